The first-order valence-electron chi connectivity index (χ1n) is 3.82. The zero-order valence-electron chi connectivity index (χ0n) is 6.63. The van der Waals surface area contributed by atoms with Gasteiger partial charge in [0.25, 0.3) is 0 Å². The molecule has 1 aliphatic carbocycles. The second-order valence-electron chi connectivity index (χ2n) is 2.87. The summed E-state index contributed by atoms with van der Waals surface area (Å²) in [4.78, 5) is 0. The molecule has 4 heteroatoms. The van der Waals surface area contributed by atoms with Crippen LogP contribution < -0.4 is 11.2 Å². The summed E-state index contributed by atoms with van der Waals surface area (Å²) < 4.78 is 0. The molecular weight excluding hydrogens is 158 g/mol. The van der Waals surface area contributed by atoms with Crippen LogP contribution in [0.4, 0.5) is 0 Å². The number of rotatable bonds is 1. The maximum Gasteiger partial charge on any atom is 0.184 e. The van der Waals surface area contributed by atoms with Gasteiger partial charge in [0, 0.05) is 5.71 Å². The quantitative estimate of drug-likeness (QED) is 0.457. The molecule has 1 saturated carbocycles. The highest BCUT2D eigenvalue weighted by Gasteiger charge is 2.17. The van der Waals surface area contributed by atoms with Crippen molar-refractivity contribution in [3.05, 3.63) is 0 Å². The topological polar surface area (TPSA) is 50.4 Å². The van der Waals surface area contributed by atoms with Gasteiger partial charge in [0.15, 0.2) is 5.11 Å². The predicted molar refractivity (Wildman–Crippen MR) is 50.4 cm³/mol. The number of hydrogen-bond donors (Lipinski definition) is 2. The summed E-state index contributed by atoms with van der Waals surface area (Å²) >= 11 is 4.63. The van der Waals surface area contributed by atoms with E-state index in [-0.39, 0.29) is 5.11 Å². The van der Waals surface area contributed by atoms with E-state index in [4.69, 9.17) is 5.73 Å². The van der Waals surface area contributed by atoms with Gasteiger partial charge in [-0.25, -0.2) is 0 Å². The first kappa shape index (κ1) is 8.46. The fraction of sp³-hybridized carbons (Fsp3) is 0.714. The number of nitrogens with zero attached hydrogens (tertiary/aromatic N) is 1. The van der Waals surface area contributed by atoms with Crippen LogP contribution in [-0.2, 0) is 0 Å². The second kappa shape index (κ2) is 3.67. The van der Waals surface area contributed by atoms with Crippen LogP contribution in [0.3, 0.4) is 0 Å². The minimum atomic E-state index is 0.247. The van der Waals surface area contributed by atoms with Gasteiger partial charge >= 0.3 is 0 Å². The molecule has 1 unspecified atom stereocenters. The van der Waals surface area contributed by atoms with Crippen molar-refractivity contribution in [2.45, 2.75) is 26.2 Å². The van der Waals surface area contributed by atoms with Gasteiger partial charge in [-0.2, -0.15) is 5.10 Å². The zero-order valence-corrected chi connectivity index (χ0v) is 7.45. The van der Waals surface area contributed by atoms with Crippen LogP contribution in [0, 0.1) is 5.92 Å². The van der Waals surface area contributed by atoms with E-state index in [2.05, 4.69) is 29.7 Å². The highest BCUT2D eigenvalue weighted by molar-refractivity contribution is 7.80. The molecule has 11 heavy (non-hydrogen) atoms. The van der Waals surface area contributed by atoms with Crippen LogP contribution in [0.25, 0.3) is 0 Å². The highest BCUT2D eigenvalue weighted by atomic mass is 32.1. The van der Waals surface area contributed by atoms with E-state index in [9.17, 15) is 0 Å². The van der Waals surface area contributed by atoms with Crippen molar-refractivity contribution in [3.63, 3.8) is 0 Å². The van der Waals surface area contributed by atoms with Crippen LogP contribution in [0.5, 0.6) is 0 Å². The van der Waals surface area contributed by atoms with Gasteiger partial charge in [-0.15, -0.1) is 0 Å². The van der Waals surface area contributed by atoms with Gasteiger partial charge in [-0.05, 0) is 37.4 Å². The van der Waals surface area contributed by atoms with Crippen molar-refractivity contribution in [3.8, 4) is 0 Å². The molecule has 0 aromatic heterocycles. The fourth-order valence-electron chi connectivity index (χ4n) is 1.30. The third kappa shape index (κ3) is 2.46. The Bertz CT molecular complexity index is 188. The van der Waals surface area contributed by atoms with Gasteiger partial charge in [0.05, 0.1) is 0 Å². The molecule has 0 spiro atoms. The third-order valence-corrected chi connectivity index (χ3v) is 2.04. The van der Waals surface area contributed by atoms with E-state index in [0.29, 0.717) is 5.92 Å². The Kier molecular flexibility index (Phi) is 2.82. The Hall–Kier alpha value is -0.640. The minimum Gasteiger partial charge on any atom is -0.375 e. The Morgan fingerprint density at radius 2 is 2.55 bits per heavy atom. The molecule has 1 fully saturated rings. The maximum absolute atomic E-state index is 5.23. The van der Waals surface area contributed by atoms with Gasteiger partial charge < -0.3 is 5.73 Å². The van der Waals surface area contributed by atoms with Crippen molar-refractivity contribution in [2.24, 2.45) is 16.8 Å². The molecule has 0 bridgehead atoms. The predicted octanol–water partition coefficient (Wildman–Crippen LogP) is 0.996. The number of nitrogens with one attached hydrogen (secondary N) is 1. The summed E-state index contributed by atoms with van der Waals surface area (Å²) in [7, 11) is 0. The number of hydrazone groups is 1. The van der Waals surface area contributed by atoms with Gasteiger partial charge in [-0.3, -0.25) is 5.43 Å². The van der Waals surface area contributed by atoms with Crippen LogP contribution in [0.2, 0.25) is 0 Å². The normalized spacial score (nSPS) is 27.4. The summed E-state index contributed by atoms with van der Waals surface area (Å²) in [6.45, 7) is 2.17. The van der Waals surface area contributed by atoms with Gasteiger partial charge in [-0.1, -0.05) is 6.92 Å². The summed E-state index contributed by atoms with van der Waals surface area (Å²) in [5, 5.41) is 4.35. The minimum absolute atomic E-state index is 0.247. The van der Waals surface area contributed by atoms with Gasteiger partial charge in [0.2, 0.25) is 0 Å². The molecule has 1 aliphatic rings. The fourth-order valence-corrected chi connectivity index (χ4v) is 1.34. The van der Waals surface area contributed by atoms with E-state index in [1.165, 1.54) is 18.6 Å². The zero-order chi connectivity index (χ0) is 8.27. The van der Waals surface area contributed by atoms with Crippen molar-refractivity contribution < 1.29 is 0 Å². The molecule has 1 atom stereocenters. The molecular formula is C7H13N3S. The van der Waals surface area contributed by atoms with E-state index < -0.39 is 0 Å². The Morgan fingerprint density at radius 1 is 1.82 bits per heavy atom. The second-order valence-corrected chi connectivity index (χ2v) is 3.31. The summed E-state index contributed by atoms with van der Waals surface area (Å²) in [6.07, 6.45) is 3.55. The average molecular weight is 171 g/mol. The summed E-state index contributed by atoms with van der Waals surface area (Å²) in [5.41, 5.74) is 9.04. The molecule has 0 aliphatic heterocycles. The smallest absolute Gasteiger partial charge is 0.184 e. The third-order valence-electron chi connectivity index (χ3n) is 1.95. The van der Waals surface area contributed by atoms with Crippen LogP contribution in [-0.4, -0.2) is 10.8 Å². The van der Waals surface area contributed by atoms with E-state index in [1.807, 2.05) is 0 Å². The van der Waals surface area contributed by atoms with E-state index >= 15 is 0 Å². The van der Waals surface area contributed by atoms with Gasteiger partial charge in [0.1, 0.15) is 0 Å². The highest BCUT2D eigenvalue weighted by Crippen LogP contribution is 2.21. The molecule has 0 heterocycles. The van der Waals surface area contributed by atoms with Crippen molar-refractivity contribution in [1.29, 1.82) is 0 Å². The van der Waals surface area contributed by atoms with E-state index in [0.717, 1.165) is 6.42 Å². The number of thiocarbonyl (C=S) groups is 1. The van der Waals surface area contributed by atoms with Crippen LogP contribution >= 0.6 is 12.2 Å². The lowest BCUT2D eigenvalue weighted by atomic mass is 10.1. The Labute approximate surface area is 72.0 Å². The lowest BCUT2D eigenvalue weighted by molar-refractivity contribution is 0.725. The summed E-state index contributed by atoms with van der Waals surface area (Å²) in [6, 6.07) is 0. The number of nitrogens with two attached hydrogens (primary N) is 1. The molecule has 3 N–H and O–H groups in total. The van der Waals surface area contributed by atoms with Crippen molar-refractivity contribution in [1.82, 2.24) is 5.43 Å². The molecule has 0 amide bonds. The molecule has 0 saturated heterocycles. The lowest BCUT2D eigenvalue weighted by Gasteiger charge is -2.02. The van der Waals surface area contributed by atoms with Crippen LogP contribution in [0.15, 0.2) is 5.10 Å². The monoisotopic (exact) mass is 171 g/mol. The SMILES string of the molecule is CC1CCC/C1=N/NC(N)=S. The van der Waals surface area contributed by atoms with Crippen molar-refractivity contribution >= 4 is 23.0 Å². The molecule has 3 nitrogen and oxygen atoms in total. The molecule has 1 rings (SSSR count). The summed E-state index contributed by atoms with van der Waals surface area (Å²) in [5.74, 6) is 0.594. The van der Waals surface area contributed by atoms with Crippen molar-refractivity contribution in [2.75, 3.05) is 0 Å². The molecule has 0 aromatic carbocycles. The first-order valence-corrected chi connectivity index (χ1v) is 4.23. The largest absolute Gasteiger partial charge is 0.375 e. The molecule has 0 radical (unpaired) electrons. The maximum atomic E-state index is 5.23. The molecule has 0 aromatic rings. The Balaban J connectivity index is 2.45. The number of hydrogen-bond acceptors (Lipinski definition) is 2. The average Bonchev–Trinajstić information content (AvgIpc) is 2.31. The van der Waals surface area contributed by atoms with E-state index in [1.54, 1.807) is 0 Å². The van der Waals surface area contributed by atoms with Crippen LogP contribution in [0.1, 0.15) is 26.2 Å². The first-order chi connectivity index (χ1) is 5.20. The standard InChI is InChI=1S/C7H13N3S/c1-5-3-2-4-6(5)9-10-7(8)11/h5H,2-4H2,1H3,(H3,8,10,11)/b9-6-. The molecule has 62 valence electrons. The lowest BCUT2D eigenvalue weighted by Crippen LogP contribution is -2.25. The Morgan fingerprint density at radius 3 is 3.00 bits per heavy atom.